The van der Waals surface area contributed by atoms with Gasteiger partial charge in [-0.2, -0.15) is 0 Å². The normalized spacial score (nSPS) is 11.3. The zero-order chi connectivity index (χ0) is 11.6. The first-order chi connectivity index (χ1) is 7.60. The van der Waals surface area contributed by atoms with Crippen molar-refractivity contribution in [3.63, 3.8) is 0 Å². The predicted octanol–water partition coefficient (Wildman–Crippen LogP) is 4.44. The fraction of sp³-hybridized carbons (Fsp3) is 0. The number of rotatable bonds is 2. The third kappa shape index (κ3) is 2.10. The topological polar surface area (TPSA) is 47.7 Å². The molecule has 16 heavy (non-hydrogen) atoms. The highest BCUT2D eigenvalue weighted by atomic mass is 35.5. The van der Waals surface area contributed by atoms with Crippen molar-refractivity contribution in [2.24, 2.45) is 0 Å². The van der Waals surface area contributed by atoms with Gasteiger partial charge in [0.15, 0.2) is 0 Å². The van der Waals surface area contributed by atoms with E-state index in [-0.39, 0.29) is 0 Å². The Kier molecular flexibility index (Phi) is 2.99. The molecule has 0 heterocycles. The van der Waals surface area contributed by atoms with E-state index < -0.39 is 9.62 Å². The van der Waals surface area contributed by atoms with E-state index in [1.165, 1.54) is 0 Å². The molecule has 0 bridgehead atoms. The second-order valence-corrected chi connectivity index (χ2v) is 5.98. The van der Waals surface area contributed by atoms with Crippen LogP contribution in [0, 0.1) is 9.56 Å². The Balaban J connectivity index is 2.52. The molecule has 0 aliphatic heterocycles. The van der Waals surface area contributed by atoms with E-state index in [0.29, 0.717) is 9.92 Å². The largest absolute Gasteiger partial charge is 0.262 e. The summed E-state index contributed by atoms with van der Waals surface area (Å²) in [6.45, 7) is 0. The van der Waals surface area contributed by atoms with E-state index in [1.54, 1.807) is 24.3 Å². The van der Waals surface area contributed by atoms with E-state index in [9.17, 15) is 0 Å². The molecule has 0 radical (unpaired) electrons. The Morgan fingerprint density at radius 2 is 1.25 bits per heavy atom. The fourth-order valence-electron chi connectivity index (χ4n) is 1.40. The van der Waals surface area contributed by atoms with Crippen LogP contribution in [0.25, 0.3) is 0 Å². The highest BCUT2D eigenvalue weighted by Gasteiger charge is 2.08. The molecule has 0 fully saturated rings. The summed E-state index contributed by atoms with van der Waals surface area (Å²) in [5.41, 5.74) is 0. The van der Waals surface area contributed by atoms with Gasteiger partial charge in [-0.05, 0) is 46.0 Å². The fourth-order valence-corrected chi connectivity index (χ4v) is 2.91. The molecular weight excluding hydrogens is 240 g/mol. The average Bonchev–Trinajstić information content (AvgIpc) is 2.31. The van der Waals surface area contributed by atoms with Gasteiger partial charge in [-0.1, -0.05) is 29.8 Å². The first-order valence-corrected chi connectivity index (χ1v) is 6.75. The van der Waals surface area contributed by atoms with Gasteiger partial charge in [0.2, 0.25) is 0 Å². The minimum atomic E-state index is -2.41. The zero-order valence-corrected chi connectivity index (χ0v) is 10.1. The lowest BCUT2D eigenvalue weighted by Crippen LogP contribution is -1.97. The first kappa shape index (κ1) is 11.2. The minimum Gasteiger partial charge on any atom is -0.262 e. The van der Waals surface area contributed by atoms with Crippen LogP contribution >= 0.6 is 11.6 Å². The van der Waals surface area contributed by atoms with Gasteiger partial charge >= 0.3 is 0 Å². The van der Waals surface area contributed by atoms with Crippen molar-refractivity contribution in [1.82, 2.24) is 0 Å². The SMILES string of the molecule is N=S(=N)(c1ccccc1)c1ccc(Cl)cc1. The van der Waals surface area contributed by atoms with E-state index >= 15 is 0 Å². The van der Waals surface area contributed by atoms with Gasteiger partial charge in [-0.15, -0.1) is 0 Å². The Morgan fingerprint density at radius 1 is 0.750 bits per heavy atom. The van der Waals surface area contributed by atoms with Crippen LogP contribution in [0.15, 0.2) is 64.4 Å². The maximum atomic E-state index is 8.19. The van der Waals surface area contributed by atoms with Crippen LogP contribution in [0.2, 0.25) is 5.02 Å². The second kappa shape index (κ2) is 4.28. The summed E-state index contributed by atoms with van der Waals surface area (Å²) < 4.78 is 16.4. The van der Waals surface area contributed by atoms with E-state index in [0.717, 1.165) is 4.90 Å². The number of hydrogen-bond donors (Lipinski definition) is 2. The minimum absolute atomic E-state index is 0.631. The lowest BCUT2D eigenvalue weighted by Gasteiger charge is -2.11. The van der Waals surface area contributed by atoms with E-state index in [2.05, 4.69) is 0 Å². The summed E-state index contributed by atoms with van der Waals surface area (Å²) >= 11 is 5.79. The average molecular weight is 251 g/mol. The van der Waals surface area contributed by atoms with Crippen LogP contribution in [-0.4, -0.2) is 0 Å². The Hall–Kier alpha value is -1.32. The molecule has 0 saturated carbocycles. The standard InChI is InChI=1S/C12H11ClN2S/c13-10-6-8-12(9-7-10)16(14,15)11-4-2-1-3-5-11/h1-9,14-15H. The molecule has 0 spiro atoms. The first-order valence-electron chi connectivity index (χ1n) is 4.74. The van der Waals surface area contributed by atoms with Gasteiger partial charge in [0.1, 0.15) is 0 Å². The number of halogens is 1. The summed E-state index contributed by atoms with van der Waals surface area (Å²) in [4.78, 5) is 1.43. The molecule has 0 atom stereocenters. The van der Waals surface area contributed by atoms with Crippen molar-refractivity contribution in [3.8, 4) is 0 Å². The third-order valence-corrected chi connectivity index (χ3v) is 4.47. The second-order valence-electron chi connectivity index (χ2n) is 3.38. The molecule has 2 nitrogen and oxygen atoms in total. The van der Waals surface area contributed by atoms with Crippen LogP contribution in [0.4, 0.5) is 0 Å². The Morgan fingerprint density at radius 3 is 1.81 bits per heavy atom. The molecule has 2 rings (SSSR count). The monoisotopic (exact) mass is 250 g/mol. The maximum Gasteiger partial charge on any atom is 0.0406 e. The molecule has 0 amide bonds. The van der Waals surface area contributed by atoms with Crippen LogP contribution in [0.5, 0.6) is 0 Å². The smallest absolute Gasteiger partial charge is 0.0406 e. The number of nitrogens with one attached hydrogen (secondary N) is 2. The molecule has 2 aromatic carbocycles. The van der Waals surface area contributed by atoms with Crippen molar-refractivity contribution in [2.75, 3.05) is 0 Å². The van der Waals surface area contributed by atoms with Crippen molar-refractivity contribution in [3.05, 3.63) is 59.6 Å². The molecule has 0 aliphatic carbocycles. The van der Waals surface area contributed by atoms with Crippen LogP contribution < -0.4 is 0 Å². The highest BCUT2D eigenvalue weighted by molar-refractivity contribution is 7.93. The summed E-state index contributed by atoms with van der Waals surface area (Å²) in [5, 5.41) is 0.631. The van der Waals surface area contributed by atoms with Crippen LogP contribution in [0.3, 0.4) is 0 Å². The zero-order valence-electron chi connectivity index (χ0n) is 8.48. The van der Waals surface area contributed by atoms with Crippen molar-refractivity contribution >= 4 is 21.2 Å². The summed E-state index contributed by atoms with van der Waals surface area (Å²) in [5.74, 6) is 0. The Labute approximate surface area is 100 Å². The molecule has 2 aromatic rings. The van der Waals surface area contributed by atoms with Crippen molar-refractivity contribution in [2.45, 2.75) is 9.79 Å². The van der Waals surface area contributed by atoms with Gasteiger partial charge in [-0.25, -0.2) is 0 Å². The highest BCUT2D eigenvalue weighted by Crippen LogP contribution is 2.23. The molecular formula is C12H11ClN2S. The lowest BCUT2D eigenvalue weighted by atomic mass is 10.4. The number of hydrogen-bond acceptors (Lipinski definition) is 2. The summed E-state index contributed by atoms with van der Waals surface area (Å²) in [6, 6.07) is 16.2. The predicted molar refractivity (Wildman–Crippen MR) is 67.2 cm³/mol. The molecule has 4 heteroatoms. The van der Waals surface area contributed by atoms with E-state index in [4.69, 9.17) is 21.2 Å². The molecule has 2 N–H and O–H groups in total. The van der Waals surface area contributed by atoms with Crippen LogP contribution in [0.1, 0.15) is 0 Å². The molecule has 0 saturated heterocycles. The van der Waals surface area contributed by atoms with Crippen molar-refractivity contribution in [1.29, 1.82) is 9.56 Å². The quantitative estimate of drug-likeness (QED) is 0.792. The van der Waals surface area contributed by atoms with Gasteiger partial charge < -0.3 is 0 Å². The molecule has 0 aliphatic rings. The van der Waals surface area contributed by atoms with Gasteiger partial charge in [-0.3, -0.25) is 9.56 Å². The summed E-state index contributed by atoms with van der Waals surface area (Å²) in [7, 11) is -2.41. The summed E-state index contributed by atoms with van der Waals surface area (Å²) in [6.07, 6.45) is 0. The van der Waals surface area contributed by atoms with E-state index in [1.807, 2.05) is 30.3 Å². The van der Waals surface area contributed by atoms with Crippen LogP contribution in [-0.2, 0) is 9.62 Å². The Bertz CT molecular complexity index is 574. The lowest BCUT2D eigenvalue weighted by molar-refractivity contribution is 1.31. The van der Waals surface area contributed by atoms with Gasteiger partial charge in [0, 0.05) is 14.8 Å². The maximum absolute atomic E-state index is 8.19. The molecule has 0 unspecified atom stereocenters. The van der Waals surface area contributed by atoms with Gasteiger partial charge in [0.05, 0.1) is 0 Å². The third-order valence-electron chi connectivity index (χ3n) is 2.26. The van der Waals surface area contributed by atoms with Gasteiger partial charge in [0.25, 0.3) is 0 Å². The molecule has 0 aromatic heterocycles. The van der Waals surface area contributed by atoms with Crippen molar-refractivity contribution < 1.29 is 0 Å². The molecule has 82 valence electrons. The number of benzene rings is 2.